The van der Waals surface area contributed by atoms with Crippen molar-refractivity contribution in [2.75, 3.05) is 6.54 Å². The molecule has 27 heavy (non-hydrogen) atoms. The van der Waals surface area contributed by atoms with E-state index in [4.69, 9.17) is 0 Å². The molecule has 7 heteroatoms. The lowest BCUT2D eigenvalue weighted by Gasteiger charge is -2.20. The summed E-state index contributed by atoms with van der Waals surface area (Å²) in [6.07, 6.45) is 4.79. The number of nitrogens with zero attached hydrogens (tertiary/aromatic N) is 1. The highest BCUT2D eigenvalue weighted by atomic mass is 19.1. The summed E-state index contributed by atoms with van der Waals surface area (Å²) in [5.74, 6) is -0.642. The van der Waals surface area contributed by atoms with Gasteiger partial charge in [-0.15, -0.1) is 0 Å². The maximum atomic E-state index is 12.9. The number of halogens is 1. The van der Waals surface area contributed by atoms with E-state index in [9.17, 15) is 18.8 Å². The second kappa shape index (κ2) is 8.06. The summed E-state index contributed by atoms with van der Waals surface area (Å²) in [5.41, 5.74) is 0.286. The lowest BCUT2D eigenvalue weighted by molar-refractivity contribution is -0.131. The molecular formula is C20H26FN3O3. The fraction of sp³-hybridized carbons (Fsp3) is 0.550. The zero-order valence-corrected chi connectivity index (χ0v) is 15.6. The summed E-state index contributed by atoms with van der Waals surface area (Å²) in [6, 6.07) is 5.88. The summed E-state index contributed by atoms with van der Waals surface area (Å²) >= 11 is 0. The Balaban J connectivity index is 1.42. The van der Waals surface area contributed by atoms with Crippen molar-refractivity contribution in [2.24, 2.45) is 0 Å². The number of nitrogens with one attached hydrogen (secondary N) is 2. The van der Waals surface area contributed by atoms with Crippen LogP contribution in [0.25, 0.3) is 0 Å². The van der Waals surface area contributed by atoms with E-state index in [1.165, 1.54) is 17.0 Å². The zero-order valence-electron chi connectivity index (χ0n) is 15.6. The number of aryl methyl sites for hydroxylation is 1. The number of amides is 4. The molecule has 2 fully saturated rings. The average Bonchev–Trinajstić information content (AvgIpc) is 3.19. The van der Waals surface area contributed by atoms with Crippen LogP contribution in [0.15, 0.2) is 24.3 Å². The van der Waals surface area contributed by atoms with Gasteiger partial charge in [0.2, 0.25) is 5.91 Å². The molecule has 1 spiro atoms. The highest BCUT2D eigenvalue weighted by molar-refractivity contribution is 6.07. The van der Waals surface area contributed by atoms with Crippen molar-refractivity contribution >= 4 is 17.8 Å². The van der Waals surface area contributed by atoms with Crippen LogP contribution in [-0.2, 0) is 16.0 Å². The van der Waals surface area contributed by atoms with Gasteiger partial charge in [0.05, 0.1) is 0 Å². The van der Waals surface area contributed by atoms with E-state index in [0.717, 1.165) is 31.2 Å². The third kappa shape index (κ3) is 4.46. The van der Waals surface area contributed by atoms with Gasteiger partial charge in [0.25, 0.3) is 5.91 Å². The standard InChI is InChI=1S/C20H26FN3O3/c1-14(4-5-15-6-8-16(21)9-7-15)22-17(25)10-13-24-18(26)20(23-19(24)27)11-2-3-12-20/h6-9,14H,2-5,10-13H2,1H3,(H,22,25)(H,23,27)/t14-/m0/s1. The molecule has 4 amide bonds. The lowest BCUT2D eigenvalue weighted by Crippen LogP contribution is -2.44. The Morgan fingerprint density at radius 3 is 2.59 bits per heavy atom. The van der Waals surface area contributed by atoms with E-state index >= 15 is 0 Å². The molecule has 1 heterocycles. The third-order valence-corrected chi connectivity index (χ3v) is 5.45. The Hall–Kier alpha value is -2.44. The average molecular weight is 375 g/mol. The summed E-state index contributed by atoms with van der Waals surface area (Å²) in [7, 11) is 0. The number of hydrogen-bond acceptors (Lipinski definition) is 3. The summed E-state index contributed by atoms with van der Waals surface area (Å²) in [4.78, 5) is 38.0. The van der Waals surface area contributed by atoms with E-state index < -0.39 is 5.54 Å². The molecule has 3 rings (SSSR count). The molecule has 1 aliphatic carbocycles. The van der Waals surface area contributed by atoms with Crippen LogP contribution >= 0.6 is 0 Å². The first-order chi connectivity index (χ1) is 12.9. The van der Waals surface area contributed by atoms with Crippen LogP contribution in [0.1, 0.15) is 51.0 Å². The smallest absolute Gasteiger partial charge is 0.325 e. The van der Waals surface area contributed by atoms with Crippen molar-refractivity contribution in [1.82, 2.24) is 15.5 Å². The number of imide groups is 1. The Labute approximate surface area is 158 Å². The number of carbonyl (C=O) groups is 3. The van der Waals surface area contributed by atoms with Gasteiger partial charge >= 0.3 is 6.03 Å². The Kier molecular flexibility index (Phi) is 5.77. The zero-order chi connectivity index (χ0) is 19.4. The second-order valence-corrected chi connectivity index (χ2v) is 7.56. The van der Waals surface area contributed by atoms with E-state index in [1.807, 2.05) is 6.92 Å². The van der Waals surface area contributed by atoms with Gasteiger partial charge in [-0.3, -0.25) is 14.5 Å². The lowest BCUT2D eigenvalue weighted by atomic mass is 9.98. The van der Waals surface area contributed by atoms with Gasteiger partial charge < -0.3 is 10.6 Å². The SMILES string of the molecule is C[C@@H](CCc1ccc(F)cc1)NC(=O)CCN1C(=O)NC2(CCCC2)C1=O. The molecule has 1 aromatic rings. The van der Waals surface area contributed by atoms with Gasteiger partial charge in [-0.2, -0.15) is 0 Å². The predicted octanol–water partition coefficient (Wildman–Crippen LogP) is 2.52. The quantitative estimate of drug-likeness (QED) is 0.719. The maximum absolute atomic E-state index is 12.9. The highest BCUT2D eigenvalue weighted by Gasteiger charge is 2.52. The number of rotatable bonds is 7. The molecule has 1 saturated carbocycles. The minimum Gasteiger partial charge on any atom is -0.354 e. The summed E-state index contributed by atoms with van der Waals surface area (Å²) < 4.78 is 12.9. The van der Waals surface area contributed by atoms with Crippen LogP contribution in [0.2, 0.25) is 0 Å². The van der Waals surface area contributed by atoms with Crippen molar-refractivity contribution in [2.45, 2.75) is 63.5 Å². The molecule has 0 aromatic heterocycles. The number of carbonyl (C=O) groups excluding carboxylic acids is 3. The van der Waals surface area contributed by atoms with Crippen LogP contribution in [0, 0.1) is 5.82 Å². The van der Waals surface area contributed by atoms with Gasteiger partial charge in [0.1, 0.15) is 11.4 Å². The first-order valence-corrected chi connectivity index (χ1v) is 9.57. The molecule has 1 aliphatic heterocycles. The molecule has 2 N–H and O–H groups in total. The van der Waals surface area contributed by atoms with Crippen molar-refractivity contribution in [3.63, 3.8) is 0 Å². The normalized spacial score (nSPS) is 19.4. The number of benzene rings is 1. The first-order valence-electron chi connectivity index (χ1n) is 9.57. The minimum atomic E-state index is -0.726. The van der Waals surface area contributed by atoms with E-state index in [0.29, 0.717) is 12.8 Å². The molecule has 0 bridgehead atoms. The first kappa shape index (κ1) is 19.3. The van der Waals surface area contributed by atoms with E-state index in [2.05, 4.69) is 10.6 Å². The Morgan fingerprint density at radius 1 is 1.26 bits per heavy atom. The van der Waals surface area contributed by atoms with Crippen LogP contribution in [0.5, 0.6) is 0 Å². The molecular weight excluding hydrogens is 349 g/mol. The minimum absolute atomic E-state index is 0.0492. The fourth-order valence-electron chi connectivity index (χ4n) is 3.86. The number of hydrogen-bond donors (Lipinski definition) is 2. The van der Waals surface area contributed by atoms with Crippen molar-refractivity contribution in [3.05, 3.63) is 35.6 Å². The van der Waals surface area contributed by atoms with E-state index in [-0.39, 0.29) is 42.7 Å². The van der Waals surface area contributed by atoms with Crippen molar-refractivity contribution in [3.8, 4) is 0 Å². The van der Waals surface area contributed by atoms with Gasteiger partial charge in [-0.05, 0) is 50.3 Å². The topological polar surface area (TPSA) is 78.5 Å². The van der Waals surface area contributed by atoms with Gasteiger partial charge in [-0.1, -0.05) is 25.0 Å². The van der Waals surface area contributed by atoms with Crippen LogP contribution < -0.4 is 10.6 Å². The largest absolute Gasteiger partial charge is 0.354 e. The predicted molar refractivity (Wildman–Crippen MR) is 98.4 cm³/mol. The molecule has 1 atom stereocenters. The summed E-state index contributed by atoms with van der Waals surface area (Å²) in [5, 5.41) is 5.71. The second-order valence-electron chi connectivity index (χ2n) is 7.56. The fourth-order valence-corrected chi connectivity index (χ4v) is 3.86. The van der Waals surface area contributed by atoms with Crippen molar-refractivity contribution < 1.29 is 18.8 Å². The van der Waals surface area contributed by atoms with E-state index in [1.54, 1.807) is 12.1 Å². The Bertz CT molecular complexity index is 714. The molecule has 0 radical (unpaired) electrons. The van der Waals surface area contributed by atoms with Crippen LogP contribution in [0.4, 0.5) is 9.18 Å². The summed E-state index contributed by atoms with van der Waals surface area (Å²) in [6.45, 7) is 2.01. The number of urea groups is 1. The molecule has 1 saturated heterocycles. The van der Waals surface area contributed by atoms with Gasteiger partial charge in [-0.25, -0.2) is 9.18 Å². The molecule has 0 unspecified atom stereocenters. The molecule has 1 aromatic carbocycles. The van der Waals surface area contributed by atoms with Crippen molar-refractivity contribution in [1.29, 1.82) is 0 Å². The third-order valence-electron chi connectivity index (χ3n) is 5.45. The molecule has 146 valence electrons. The highest BCUT2D eigenvalue weighted by Crippen LogP contribution is 2.34. The van der Waals surface area contributed by atoms with Crippen LogP contribution in [0.3, 0.4) is 0 Å². The van der Waals surface area contributed by atoms with Gasteiger partial charge in [0.15, 0.2) is 0 Å². The monoisotopic (exact) mass is 375 g/mol. The van der Waals surface area contributed by atoms with Crippen LogP contribution in [-0.4, -0.2) is 40.9 Å². The Morgan fingerprint density at radius 2 is 1.93 bits per heavy atom. The molecule has 2 aliphatic rings. The maximum Gasteiger partial charge on any atom is 0.325 e. The molecule has 6 nitrogen and oxygen atoms in total. The van der Waals surface area contributed by atoms with Gasteiger partial charge in [0, 0.05) is 19.0 Å².